The average molecular weight is 362 g/mol. The summed E-state index contributed by atoms with van der Waals surface area (Å²) in [5.41, 5.74) is 1.97. The molecule has 0 aromatic heterocycles. The Labute approximate surface area is 158 Å². The molecule has 2 N–H and O–H groups in total. The maximum atomic E-state index is 12.9. The summed E-state index contributed by atoms with van der Waals surface area (Å²) in [6.07, 6.45) is 1.90. The van der Waals surface area contributed by atoms with Crippen molar-refractivity contribution in [2.24, 2.45) is 5.84 Å². The first-order chi connectivity index (χ1) is 12.7. The van der Waals surface area contributed by atoms with Crippen molar-refractivity contribution >= 4 is 17.7 Å². The number of carbonyl (C=O) groups excluding carboxylic acids is 1. The van der Waals surface area contributed by atoms with Gasteiger partial charge in [0.1, 0.15) is 5.54 Å². The number of nitrogens with zero attached hydrogens (tertiary/aromatic N) is 1. The van der Waals surface area contributed by atoms with Gasteiger partial charge < -0.3 is 0 Å². The lowest BCUT2D eigenvalue weighted by molar-refractivity contribution is -0.132. The van der Waals surface area contributed by atoms with Gasteiger partial charge in [0.15, 0.2) is 0 Å². The molecule has 3 nitrogen and oxygen atoms in total. The third kappa shape index (κ3) is 3.26. The number of benzene rings is 3. The van der Waals surface area contributed by atoms with Crippen molar-refractivity contribution in [3.63, 3.8) is 0 Å². The lowest BCUT2D eigenvalue weighted by atomic mass is 9.76. The van der Waals surface area contributed by atoms with Crippen LogP contribution in [0.5, 0.6) is 0 Å². The maximum Gasteiger partial charge on any atom is 0.247 e. The molecule has 0 aliphatic heterocycles. The Kier molecular flexibility index (Phi) is 5.76. The molecule has 0 atom stereocenters. The summed E-state index contributed by atoms with van der Waals surface area (Å²) in [6, 6.07) is 29.9. The Morgan fingerprint density at radius 2 is 1.15 bits per heavy atom. The van der Waals surface area contributed by atoms with Gasteiger partial charge in [-0.15, -0.1) is 0 Å². The van der Waals surface area contributed by atoms with Crippen LogP contribution >= 0.6 is 11.8 Å². The predicted octanol–water partition coefficient (Wildman–Crippen LogP) is 4.04. The number of hydrogen-bond acceptors (Lipinski definition) is 3. The monoisotopic (exact) mass is 362 g/mol. The largest absolute Gasteiger partial charge is 0.272 e. The number of carbonyl (C=O) groups is 1. The van der Waals surface area contributed by atoms with E-state index in [2.05, 4.69) is 0 Å². The molecule has 0 saturated heterocycles. The number of hydrogen-bond donors (Lipinski definition) is 1. The SMILES string of the molecule is CSCC(=O)N(N)C(c1ccccc1)(c1ccccc1)c1ccccc1. The first-order valence-electron chi connectivity index (χ1n) is 8.44. The molecule has 0 heterocycles. The predicted molar refractivity (Wildman–Crippen MR) is 109 cm³/mol. The van der Waals surface area contributed by atoms with Gasteiger partial charge in [-0.25, -0.2) is 5.84 Å². The highest BCUT2D eigenvalue weighted by Gasteiger charge is 2.43. The molecule has 0 aliphatic carbocycles. The molecule has 0 bridgehead atoms. The first-order valence-corrected chi connectivity index (χ1v) is 9.84. The fourth-order valence-electron chi connectivity index (χ4n) is 3.34. The van der Waals surface area contributed by atoms with E-state index in [1.54, 1.807) is 0 Å². The summed E-state index contributed by atoms with van der Waals surface area (Å²) in [5.74, 6) is 6.76. The van der Waals surface area contributed by atoms with Gasteiger partial charge in [-0.2, -0.15) is 11.8 Å². The van der Waals surface area contributed by atoms with Crippen LogP contribution < -0.4 is 5.84 Å². The second-order valence-electron chi connectivity index (χ2n) is 6.01. The van der Waals surface area contributed by atoms with Gasteiger partial charge >= 0.3 is 0 Å². The summed E-state index contributed by atoms with van der Waals surface area (Å²) in [4.78, 5) is 12.9. The molecule has 3 aromatic carbocycles. The Hall–Kier alpha value is -2.56. The Bertz CT molecular complexity index is 741. The summed E-state index contributed by atoms with van der Waals surface area (Å²) in [6.45, 7) is 0. The molecular weight excluding hydrogens is 340 g/mol. The highest BCUT2D eigenvalue weighted by molar-refractivity contribution is 7.99. The molecular formula is C22H22N2OS. The van der Waals surface area contributed by atoms with Gasteiger partial charge in [0.2, 0.25) is 5.91 Å². The Morgan fingerprint density at radius 3 is 1.46 bits per heavy atom. The fraction of sp³-hybridized carbons (Fsp3) is 0.136. The minimum Gasteiger partial charge on any atom is -0.272 e. The van der Waals surface area contributed by atoms with E-state index in [1.165, 1.54) is 16.8 Å². The molecule has 0 fully saturated rings. The smallest absolute Gasteiger partial charge is 0.247 e. The third-order valence-electron chi connectivity index (χ3n) is 4.47. The quantitative estimate of drug-likeness (QED) is 0.311. The van der Waals surface area contributed by atoms with Crippen molar-refractivity contribution in [3.05, 3.63) is 108 Å². The maximum absolute atomic E-state index is 12.9. The molecule has 3 rings (SSSR count). The molecule has 0 radical (unpaired) electrons. The topological polar surface area (TPSA) is 46.3 Å². The van der Waals surface area contributed by atoms with Crippen molar-refractivity contribution in [2.45, 2.75) is 5.54 Å². The number of hydrazine groups is 1. The molecule has 1 amide bonds. The summed E-state index contributed by atoms with van der Waals surface area (Å²) >= 11 is 1.47. The highest BCUT2D eigenvalue weighted by Crippen LogP contribution is 2.41. The van der Waals surface area contributed by atoms with Crippen LogP contribution in [0.25, 0.3) is 0 Å². The lowest BCUT2D eigenvalue weighted by Gasteiger charge is -2.42. The van der Waals surface area contributed by atoms with Crippen LogP contribution in [0.4, 0.5) is 0 Å². The highest BCUT2D eigenvalue weighted by atomic mass is 32.2. The van der Waals surface area contributed by atoms with Crippen molar-refractivity contribution in [3.8, 4) is 0 Å². The molecule has 26 heavy (non-hydrogen) atoms. The molecule has 0 spiro atoms. The van der Waals surface area contributed by atoms with Gasteiger partial charge in [-0.3, -0.25) is 9.80 Å². The van der Waals surface area contributed by atoms with Crippen LogP contribution in [0.15, 0.2) is 91.0 Å². The molecule has 3 aromatic rings. The Morgan fingerprint density at radius 1 is 0.808 bits per heavy atom. The van der Waals surface area contributed by atoms with Gasteiger partial charge in [-0.1, -0.05) is 91.0 Å². The van der Waals surface area contributed by atoms with Crippen molar-refractivity contribution in [1.82, 2.24) is 5.01 Å². The zero-order valence-electron chi connectivity index (χ0n) is 14.7. The van der Waals surface area contributed by atoms with E-state index in [4.69, 9.17) is 5.84 Å². The van der Waals surface area contributed by atoms with Crippen LogP contribution in [0.1, 0.15) is 16.7 Å². The summed E-state index contributed by atoms with van der Waals surface area (Å²) in [5, 5.41) is 1.39. The molecule has 132 valence electrons. The second-order valence-corrected chi connectivity index (χ2v) is 6.87. The van der Waals surface area contributed by atoms with Crippen LogP contribution in [0.2, 0.25) is 0 Å². The van der Waals surface area contributed by atoms with Gasteiger partial charge in [0, 0.05) is 0 Å². The minimum atomic E-state index is -0.892. The van der Waals surface area contributed by atoms with Crippen LogP contribution in [0, 0.1) is 0 Å². The van der Waals surface area contributed by atoms with E-state index in [0.29, 0.717) is 5.75 Å². The third-order valence-corrected chi connectivity index (χ3v) is 5.01. The van der Waals surface area contributed by atoms with E-state index >= 15 is 0 Å². The molecule has 0 saturated carbocycles. The van der Waals surface area contributed by atoms with Gasteiger partial charge in [0.05, 0.1) is 5.75 Å². The first kappa shape index (κ1) is 18.2. The Balaban J connectivity index is 2.33. The van der Waals surface area contributed by atoms with Crippen LogP contribution in [0.3, 0.4) is 0 Å². The number of thioether (sulfide) groups is 1. The van der Waals surface area contributed by atoms with E-state index in [9.17, 15) is 4.79 Å². The number of nitrogens with two attached hydrogens (primary N) is 1. The normalized spacial score (nSPS) is 11.2. The number of amides is 1. The molecule has 0 unspecified atom stereocenters. The van der Waals surface area contributed by atoms with Crippen LogP contribution in [-0.4, -0.2) is 22.9 Å². The van der Waals surface area contributed by atoms with Crippen molar-refractivity contribution < 1.29 is 4.79 Å². The average Bonchev–Trinajstić information content (AvgIpc) is 2.71. The van der Waals surface area contributed by atoms with E-state index in [1.807, 2.05) is 97.3 Å². The van der Waals surface area contributed by atoms with Crippen molar-refractivity contribution in [2.75, 3.05) is 12.0 Å². The standard InChI is InChI=1S/C22H22N2OS/c1-26-17-21(25)24(23)22(18-11-5-2-6-12-18,19-13-7-3-8-14-19)20-15-9-4-10-16-20/h2-16H,17,23H2,1H3. The summed E-state index contributed by atoms with van der Waals surface area (Å²) in [7, 11) is 0. The van der Waals surface area contributed by atoms with Crippen molar-refractivity contribution in [1.29, 1.82) is 0 Å². The van der Waals surface area contributed by atoms with Crippen LogP contribution in [-0.2, 0) is 10.3 Å². The zero-order valence-corrected chi connectivity index (χ0v) is 15.5. The second kappa shape index (κ2) is 8.21. The minimum absolute atomic E-state index is 0.117. The fourth-order valence-corrected chi connectivity index (χ4v) is 3.72. The van der Waals surface area contributed by atoms with E-state index < -0.39 is 5.54 Å². The lowest BCUT2D eigenvalue weighted by Crippen LogP contribution is -2.55. The van der Waals surface area contributed by atoms with E-state index in [0.717, 1.165) is 16.7 Å². The molecule has 0 aliphatic rings. The molecule has 4 heteroatoms. The van der Waals surface area contributed by atoms with Gasteiger partial charge in [0.25, 0.3) is 0 Å². The summed E-state index contributed by atoms with van der Waals surface area (Å²) < 4.78 is 0. The zero-order chi connectivity index (χ0) is 18.4. The van der Waals surface area contributed by atoms with E-state index in [-0.39, 0.29) is 5.91 Å². The number of rotatable bonds is 6. The van der Waals surface area contributed by atoms with Gasteiger partial charge in [-0.05, 0) is 22.9 Å².